The Morgan fingerprint density at radius 3 is 2.86 bits per heavy atom. The number of pyridine rings is 1. The van der Waals surface area contributed by atoms with Gasteiger partial charge in [-0.15, -0.1) is 0 Å². The molecule has 0 aliphatic heterocycles. The molecule has 0 unspecified atom stereocenters. The van der Waals surface area contributed by atoms with Crippen LogP contribution in [0.15, 0.2) is 54.9 Å². The van der Waals surface area contributed by atoms with Crippen molar-refractivity contribution in [2.45, 2.75) is 0 Å². The van der Waals surface area contributed by atoms with Gasteiger partial charge in [0.15, 0.2) is 0 Å². The minimum absolute atomic E-state index is 0.123. The van der Waals surface area contributed by atoms with Gasteiger partial charge in [-0.1, -0.05) is 6.07 Å². The van der Waals surface area contributed by atoms with Gasteiger partial charge in [-0.25, -0.2) is 4.52 Å². The summed E-state index contributed by atoms with van der Waals surface area (Å²) in [6.45, 7) is 0. The number of hydrogen-bond donors (Lipinski definition) is 1. The zero-order chi connectivity index (χ0) is 14.8. The molecule has 5 nitrogen and oxygen atoms in total. The zero-order valence-corrected chi connectivity index (χ0v) is 11.9. The number of aromatic nitrogens is 2. The maximum absolute atomic E-state index is 12.3. The molecule has 2 aromatic heterocycles. The van der Waals surface area contributed by atoms with E-state index in [4.69, 9.17) is 0 Å². The number of amides is 1. The number of hydrogen-bond acceptors (Lipinski definition) is 3. The van der Waals surface area contributed by atoms with Gasteiger partial charge in [0.1, 0.15) is 0 Å². The Kier molecular flexibility index (Phi) is 3.31. The lowest BCUT2D eigenvalue weighted by atomic mass is 10.1. The maximum Gasteiger partial charge on any atom is 0.255 e. The molecule has 0 aliphatic rings. The number of carbonyl (C=O) groups excluding carboxylic acids is 1. The molecule has 106 valence electrons. The molecule has 1 N–H and O–H groups in total. The van der Waals surface area contributed by atoms with E-state index >= 15 is 0 Å². The van der Waals surface area contributed by atoms with Crippen molar-refractivity contribution in [2.75, 3.05) is 24.3 Å². The van der Waals surface area contributed by atoms with Gasteiger partial charge in [-0.2, -0.15) is 5.10 Å². The topological polar surface area (TPSA) is 49.6 Å². The van der Waals surface area contributed by atoms with E-state index in [1.165, 1.54) is 0 Å². The van der Waals surface area contributed by atoms with Crippen LogP contribution < -0.4 is 10.2 Å². The summed E-state index contributed by atoms with van der Waals surface area (Å²) in [5.74, 6) is -0.123. The Morgan fingerprint density at radius 2 is 2.05 bits per heavy atom. The van der Waals surface area contributed by atoms with Crippen LogP contribution >= 0.6 is 0 Å². The lowest BCUT2D eigenvalue weighted by Crippen LogP contribution is -2.14. The van der Waals surface area contributed by atoms with Crippen LogP contribution in [0.25, 0.3) is 5.52 Å². The summed E-state index contributed by atoms with van der Waals surface area (Å²) in [6.07, 6.45) is 3.54. The lowest BCUT2D eigenvalue weighted by Gasteiger charge is -2.13. The zero-order valence-electron chi connectivity index (χ0n) is 11.9. The van der Waals surface area contributed by atoms with Gasteiger partial charge in [0.05, 0.1) is 5.52 Å². The van der Waals surface area contributed by atoms with Crippen molar-refractivity contribution < 1.29 is 4.79 Å². The molecule has 1 aromatic carbocycles. The number of benzene rings is 1. The molecule has 0 aliphatic carbocycles. The second kappa shape index (κ2) is 5.28. The van der Waals surface area contributed by atoms with Crippen LogP contribution in [0.5, 0.6) is 0 Å². The molecule has 1 amide bonds. The van der Waals surface area contributed by atoms with E-state index < -0.39 is 0 Å². The first kappa shape index (κ1) is 13.2. The fourth-order valence-corrected chi connectivity index (χ4v) is 2.13. The Hall–Kier alpha value is -2.82. The average Bonchev–Trinajstić information content (AvgIpc) is 2.95. The molecule has 3 aromatic rings. The second-order valence-corrected chi connectivity index (χ2v) is 5.01. The van der Waals surface area contributed by atoms with Gasteiger partial charge >= 0.3 is 0 Å². The third-order valence-corrected chi connectivity index (χ3v) is 3.28. The first-order chi connectivity index (χ1) is 10.1. The summed E-state index contributed by atoms with van der Waals surface area (Å²) in [7, 11) is 3.90. The van der Waals surface area contributed by atoms with E-state index in [1.54, 1.807) is 16.8 Å². The standard InChI is InChI=1S/C16H16N4O/c1-19(2)14-5-3-4-12(10-14)16(21)18-13-7-9-20-15(11-13)6-8-17-20/h3-11H,1-2H3,(H,18,21). The van der Waals surface area contributed by atoms with E-state index in [1.807, 2.05) is 61.6 Å². The van der Waals surface area contributed by atoms with Crippen LogP contribution in [0.3, 0.4) is 0 Å². The van der Waals surface area contributed by atoms with Gasteiger partial charge in [-0.3, -0.25) is 4.79 Å². The largest absolute Gasteiger partial charge is 0.378 e. The van der Waals surface area contributed by atoms with Crippen LogP contribution in [0.1, 0.15) is 10.4 Å². The van der Waals surface area contributed by atoms with Crippen molar-refractivity contribution >= 4 is 22.8 Å². The maximum atomic E-state index is 12.3. The molecule has 0 fully saturated rings. The van der Waals surface area contributed by atoms with Crippen molar-refractivity contribution in [1.82, 2.24) is 9.61 Å². The Labute approximate surface area is 122 Å². The van der Waals surface area contributed by atoms with Crippen LogP contribution in [0.4, 0.5) is 11.4 Å². The average molecular weight is 280 g/mol. The van der Waals surface area contributed by atoms with Gasteiger partial charge < -0.3 is 10.2 Å². The van der Waals surface area contributed by atoms with E-state index in [0.29, 0.717) is 5.56 Å². The number of anilines is 2. The fourth-order valence-electron chi connectivity index (χ4n) is 2.13. The van der Waals surface area contributed by atoms with Crippen molar-refractivity contribution in [3.8, 4) is 0 Å². The molecule has 0 radical (unpaired) electrons. The minimum Gasteiger partial charge on any atom is -0.378 e. The molecular formula is C16H16N4O. The highest BCUT2D eigenvalue weighted by Crippen LogP contribution is 2.16. The number of carbonyl (C=O) groups is 1. The molecule has 0 spiro atoms. The van der Waals surface area contributed by atoms with Crippen LogP contribution in [0, 0.1) is 0 Å². The van der Waals surface area contributed by atoms with E-state index in [9.17, 15) is 4.79 Å². The molecule has 3 rings (SSSR count). The molecule has 0 saturated carbocycles. The molecule has 0 bridgehead atoms. The Morgan fingerprint density at radius 1 is 1.19 bits per heavy atom. The van der Waals surface area contributed by atoms with E-state index in [0.717, 1.165) is 16.9 Å². The molecule has 5 heteroatoms. The van der Waals surface area contributed by atoms with Crippen LogP contribution in [0.2, 0.25) is 0 Å². The lowest BCUT2D eigenvalue weighted by molar-refractivity contribution is 0.102. The summed E-state index contributed by atoms with van der Waals surface area (Å²) >= 11 is 0. The number of nitrogens with zero attached hydrogens (tertiary/aromatic N) is 3. The van der Waals surface area contributed by atoms with Gasteiger partial charge in [0.2, 0.25) is 0 Å². The monoisotopic (exact) mass is 280 g/mol. The first-order valence-electron chi connectivity index (χ1n) is 6.65. The Balaban J connectivity index is 1.83. The molecular weight excluding hydrogens is 264 g/mol. The predicted molar refractivity (Wildman–Crippen MR) is 83.9 cm³/mol. The minimum atomic E-state index is -0.123. The quantitative estimate of drug-likeness (QED) is 0.802. The molecule has 2 heterocycles. The molecule has 21 heavy (non-hydrogen) atoms. The van der Waals surface area contributed by atoms with Gasteiger partial charge in [-0.05, 0) is 36.4 Å². The Bertz CT molecular complexity index is 792. The van der Waals surface area contributed by atoms with Gasteiger partial charge in [0, 0.05) is 43.4 Å². The smallest absolute Gasteiger partial charge is 0.255 e. The summed E-state index contributed by atoms with van der Waals surface area (Å²) in [6, 6.07) is 13.1. The van der Waals surface area contributed by atoms with Crippen molar-refractivity contribution in [2.24, 2.45) is 0 Å². The first-order valence-corrected chi connectivity index (χ1v) is 6.65. The van der Waals surface area contributed by atoms with Crippen LogP contribution in [-0.2, 0) is 0 Å². The van der Waals surface area contributed by atoms with Crippen molar-refractivity contribution in [3.63, 3.8) is 0 Å². The van der Waals surface area contributed by atoms with E-state index in [2.05, 4.69) is 10.4 Å². The summed E-state index contributed by atoms with van der Waals surface area (Å²) in [5.41, 5.74) is 3.32. The van der Waals surface area contributed by atoms with Gasteiger partial charge in [0.25, 0.3) is 5.91 Å². The summed E-state index contributed by atoms with van der Waals surface area (Å²) in [4.78, 5) is 14.3. The normalized spacial score (nSPS) is 10.6. The number of rotatable bonds is 3. The highest BCUT2D eigenvalue weighted by atomic mass is 16.1. The van der Waals surface area contributed by atoms with Crippen molar-refractivity contribution in [3.05, 3.63) is 60.4 Å². The van der Waals surface area contributed by atoms with E-state index in [-0.39, 0.29) is 5.91 Å². The SMILES string of the molecule is CN(C)c1cccc(C(=O)Nc2ccn3nccc3c2)c1. The number of fused-ring (bicyclic) bond motifs is 1. The van der Waals surface area contributed by atoms with Crippen LogP contribution in [-0.4, -0.2) is 29.6 Å². The third kappa shape index (κ3) is 2.72. The predicted octanol–water partition coefficient (Wildman–Crippen LogP) is 2.65. The highest BCUT2D eigenvalue weighted by Gasteiger charge is 2.08. The second-order valence-electron chi connectivity index (χ2n) is 5.01. The summed E-state index contributed by atoms with van der Waals surface area (Å²) in [5, 5.41) is 7.03. The van der Waals surface area contributed by atoms with Crippen molar-refractivity contribution in [1.29, 1.82) is 0 Å². The highest BCUT2D eigenvalue weighted by molar-refractivity contribution is 6.05. The third-order valence-electron chi connectivity index (χ3n) is 3.28. The molecule has 0 saturated heterocycles. The number of nitrogens with one attached hydrogen (secondary N) is 1. The molecule has 0 atom stereocenters. The fraction of sp³-hybridized carbons (Fsp3) is 0.125. The summed E-state index contributed by atoms with van der Waals surface area (Å²) < 4.78 is 1.75.